The van der Waals surface area contributed by atoms with Gasteiger partial charge in [0.05, 0.1) is 20.2 Å². The first-order valence-corrected chi connectivity index (χ1v) is 9.78. The summed E-state index contributed by atoms with van der Waals surface area (Å²) in [5.41, 5.74) is 2.23. The van der Waals surface area contributed by atoms with Crippen molar-refractivity contribution in [2.75, 3.05) is 27.7 Å². The van der Waals surface area contributed by atoms with E-state index in [1.165, 1.54) is 19.3 Å². The summed E-state index contributed by atoms with van der Waals surface area (Å²) < 4.78 is 5.35. The maximum absolute atomic E-state index is 12.0. The molecule has 1 aliphatic carbocycles. The highest BCUT2D eigenvalue weighted by atomic mass is 16.5. The molecule has 2 atom stereocenters. The van der Waals surface area contributed by atoms with Gasteiger partial charge in [-0.25, -0.2) is 4.99 Å². The Morgan fingerprint density at radius 2 is 2.00 bits per heavy atom. The lowest BCUT2D eigenvalue weighted by Crippen LogP contribution is -2.49. The van der Waals surface area contributed by atoms with Crippen molar-refractivity contribution in [3.8, 4) is 5.75 Å². The summed E-state index contributed by atoms with van der Waals surface area (Å²) >= 11 is 0. The molecule has 6 heteroatoms. The predicted octanol–water partition coefficient (Wildman–Crippen LogP) is 2.71. The third kappa shape index (κ3) is 6.77. The summed E-state index contributed by atoms with van der Waals surface area (Å²) in [6.45, 7) is 5.10. The number of hydrogen-bond donors (Lipinski definition) is 2. The van der Waals surface area contributed by atoms with E-state index in [0.29, 0.717) is 24.5 Å². The molecule has 2 N–H and O–H groups in total. The summed E-state index contributed by atoms with van der Waals surface area (Å²) in [5.74, 6) is 2.17. The fourth-order valence-corrected chi connectivity index (χ4v) is 3.38. The van der Waals surface area contributed by atoms with Crippen LogP contribution in [-0.4, -0.2) is 50.6 Å². The van der Waals surface area contributed by atoms with Crippen LogP contribution in [0.2, 0.25) is 0 Å². The molecular weight excluding hydrogens is 340 g/mol. The smallest absolute Gasteiger partial charge is 0.241 e. The first-order chi connectivity index (χ1) is 12.9. The first-order valence-electron chi connectivity index (χ1n) is 9.78. The van der Waals surface area contributed by atoms with Crippen LogP contribution in [-0.2, 0) is 11.3 Å². The molecule has 1 saturated carbocycles. The van der Waals surface area contributed by atoms with Crippen molar-refractivity contribution in [3.63, 3.8) is 0 Å². The molecule has 1 fully saturated rings. The fraction of sp³-hybridized carbons (Fsp3) is 0.619. The average molecular weight is 375 g/mol. The number of guanidine groups is 1. The Morgan fingerprint density at radius 1 is 1.26 bits per heavy atom. The van der Waals surface area contributed by atoms with Gasteiger partial charge in [0.1, 0.15) is 5.75 Å². The van der Waals surface area contributed by atoms with E-state index in [2.05, 4.69) is 23.6 Å². The second kappa shape index (κ2) is 10.2. The monoisotopic (exact) mass is 374 g/mol. The Balaban J connectivity index is 2.10. The predicted molar refractivity (Wildman–Crippen MR) is 110 cm³/mol. The molecule has 1 aliphatic rings. The number of aliphatic imine (C=N–C) groups is 1. The molecule has 0 saturated heterocycles. The SMILES string of the molecule is COc1cc(C)cc(CN=C(NCC(=O)N(C)C)NC2CCCCC2C)c1. The van der Waals surface area contributed by atoms with E-state index < -0.39 is 0 Å². The van der Waals surface area contributed by atoms with Crippen molar-refractivity contribution in [2.24, 2.45) is 10.9 Å². The van der Waals surface area contributed by atoms with Crippen molar-refractivity contribution < 1.29 is 9.53 Å². The Kier molecular flexibility index (Phi) is 7.95. The van der Waals surface area contributed by atoms with Crippen LogP contribution in [0.3, 0.4) is 0 Å². The Morgan fingerprint density at radius 3 is 2.67 bits per heavy atom. The number of benzene rings is 1. The van der Waals surface area contributed by atoms with E-state index in [4.69, 9.17) is 9.73 Å². The zero-order valence-electron chi connectivity index (χ0n) is 17.3. The van der Waals surface area contributed by atoms with Crippen LogP contribution in [0.5, 0.6) is 5.75 Å². The number of methoxy groups -OCH3 is 1. The number of amides is 1. The molecular formula is C21H34N4O2. The molecule has 150 valence electrons. The number of nitrogens with one attached hydrogen (secondary N) is 2. The standard InChI is InChI=1S/C21H34N4O2/c1-15-10-17(12-18(11-15)27-5)13-22-21(23-14-20(26)25(3)4)24-19-9-7-6-8-16(19)2/h10-12,16,19H,6-9,13-14H2,1-5H3,(H2,22,23,24). The van der Waals surface area contributed by atoms with Gasteiger partial charge in [0.25, 0.3) is 0 Å². The van der Waals surface area contributed by atoms with Crippen LogP contribution in [0.4, 0.5) is 0 Å². The summed E-state index contributed by atoms with van der Waals surface area (Å²) in [6.07, 6.45) is 4.90. The molecule has 1 aromatic rings. The minimum absolute atomic E-state index is 0.0263. The van der Waals surface area contributed by atoms with Crippen LogP contribution in [0.1, 0.15) is 43.7 Å². The number of carbonyl (C=O) groups is 1. The number of hydrogen-bond acceptors (Lipinski definition) is 3. The molecule has 1 amide bonds. The molecule has 0 bridgehead atoms. The zero-order valence-corrected chi connectivity index (χ0v) is 17.3. The van der Waals surface area contributed by atoms with E-state index in [1.807, 2.05) is 19.1 Å². The van der Waals surface area contributed by atoms with Gasteiger partial charge in [-0.3, -0.25) is 4.79 Å². The van der Waals surface area contributed by atoms with E-state index >= 15 is 0 Å². The summed E-state index contributed by atoms with van der Waals surface area (Å²) in [6, 6.07) is 6.51. The molecule has 0 aliphatic heterocycles. The van der Waals surface area contributed by atoms with E-state index in [9.17, 15) is 4.79 Å². The second-order valence-corrected chi connectivity index (χ2v) is 7.68. The van der Waals surface area contributed by atoms with Crippen molar-refractivity contribution in [1.29, 1.82) is 0 Å². The minimum atomic E-state index is 0.0263. The van der Waals surface area contributed by atoms with Crippen molar-refractivity contribution in [3.05, 3.63) is 29.3 Å². The summed E-state index contributed by atoms with van der Waals surface area (Å²) in [5, 5.41) is 6.75. The maximum Gasteiger partial charge on any atom is 0.241 e. The fourth-order valence-electron chi connectivity index (χ4n) is 3.38. The van der Waals surface area contributed by atoms with Crippen molar-refractivity contribution >= 4 is 11.9 Å². The number of ether oxygens (including phenoxy) is 1. The van der Waals surface area contributed by atoms with E-state index in [1.54, 1.807) is 26.1 Å². The van der Waals surface area contributed by atoms with Gasteiger partial charge in [-0.1, -0.05) is 25.8 Å². The number of likely N-dealkylation sites (N-methyl/N-ethyl adjacent to an activating group) is 1. The molecule has 1 aromatic carbocycles. The quantitative estimate of drug-likeness (QED) is 0.594. The van der Waals surface area contributed by atoms with Crippen molar-refractivity contribution in [2.45, 2.75) is 52.1 Å². The number of aryl methyl sites for hydroxylation is 1. The van der Waals surface area contributed by atoms with Gasteiger partial charge < -0.3 is 20.3 Å². The van der Waals surface area contributed by atoms with Gasteiger partial charge in [-0.2, -0.15) is 0 Å². The molecule has 0 radical (unpaired) electrons. The van der Waals surface area contributed by atoms with Gasteiger partial charge >= 0.3 is 0 Å². The number of carbonyl (C=O) groups excluding carboxylic acids is 1. The molecule has 2 rings (SSSR count). The Labute approximate surface area is 163 Å². The molecule has 0 aromatic heterocycles. The normalized spacial score (nSPS) is 20.1. The largest absolute Gasteiger partial charge is 0.497 e. The number of rotatable bonds is 6. The second-order valence-electron chi connectivity index (χ2n) is 7.68. The third-order valence-corrected chi connectivity index (χ3v) is 5.11. The molecule has 27 heavy (non-hydrogen) atoms. The Hall–Kier alpha value is -2.24. The van der Waals surface area contributed by atoms with Gasteiger partial charge in [0, 0.05) is 20.1 Å². The van der Waals surface area contributed by atoms with Gasteiger partial charge in [0.15, 0.2) is 5.96 Å². The lowest BCUT2D eigenvalue weighted by Gasteiger charge is -2.31. The zero-order chi connectivity index (χ0) is 19.8. The van der Waals surface area contributed by atoms with Crippen LogP contribution in [0.25, 0.3) is 0 Å². The minimum Gasteiger partial charge on any atom is -0.497 e. The molecule has 0 spiro atoms. The van der Waals surface area contributed by atoms with Gasteiger partial charge in [0.2, 0.25) is 5.91 Å². The van der Waals surface area contributed by atoms with Crippen LogP contribution in [0, 0.1) is 12.8 Å². The van der Waals surface area contributed by atoms with Gasteiger partial charge in [-0.05, 0) is 48.9 Å². The highest BCUT2D eigenvalue weighted by molar-refractivity contribution is 5.86. The van der Waals surface area contributed by atoms with E-state index in [0.717, 1.165) is 23.3 Å². The molecule has 0 heterocycles. The lowest BCUT2D eigenvalue weighted by atomic mass is 9.86. The topological polar surface area (TPSA) is 66.0 Å². The van der Waals surface area contributed by atoms with E-state index in [-0.39, 0.29) is 12.5 Å². The van der Waals surface area contributed by atoms with Crippen LogP contribution < -0.4 is 15.4 Å². The number of nitrogens with zero attached hydrogens (tertiary/aromatic N) is 2. The summed E-state index contributed by atoms with van der Waals surface area (Å²) in [7, 11) is 5.20. The molecule has 6 nitrogen and oxygen atoms in total. The van der Waals surface area contributed by atoms with Crippen molar-refractivity contribution in [1.82, 2.24) is 15.5 Å². The molecule has 2 unspecified atom stereocenters. The van der Waals surface area contributed by atoms with Crippen LogP contribution in [0.15, 0.2) is 23.2 Å². The lowest BCUT2D eigenvalue weighted by molar-refractivity contribution is -0.127. The highest BCUT2D eigenvalue weighted by Gasteiger charge is 2.22. The Bertz CT molecular complexity index is 658. The third-order valence-electron chi connectivity index (χ3n) is 5.11. The van der Waals surface area contributed by atoms with Gasteiger partial charge in [-0.15, -0.1) is 0 Å². The first kappa shape index (κ1) is 21.1. The highest BCUT2D eigenvalue weighted by Crippen LogP contribution is 2.23. The summed E-state index contributed by atoms with van der Waals surface area (Å²) in [4.78, 5) is 18.3. The van der Waals surface area contributed by atoms with Crippen LogP contribution >= 0.6 is 0 Å². The average Bonchev–Trinajstić information content (AvgIpc) is 2.64. The maximum atomic E-state index is 12.0.